The highest BCUT2D eigenvalue weighted by Gasteiger charge is 2.18. The van der Waals surface area contributed by atoms with Gasteiger partial charge in [0.1, 0.15) is 17.2 Å². The second-order valence-corrected chi connectivity index (χ2v) is 11.9. The number of rotatable bonds is 10. The van der Waals surface area contributed by atoms with Crippen molar-refractivity contribution in [3.05, 3.63) is 81.7 Å². The highest BCUT2D eigenvalue weighted by atomic mass is 32.2. The quantitative estimate of drug-likeness (QED) is 0.154. The van der Waals surface area contributed by atoms with Crippen LogP contribution in [0.5, 0.6) is 0 Å². The first kappa shape index (κ1) is 30.5. The number of furan rings is 1. The Morgan fingerprint density at radius 1 is 1.16 bits per heavy atom. The number of aromatic nitrogens is 3. The monoisotopic (exact) mass is 602 g/mol. The van der Waals surface area contributed by atoms with Gasteiger partial charge in [-0.25, -0.2) is 9.19 Å². The maximum atomic E-state index is 13.7. The Morgan fingerprint density at radius 2 is 1.91 bits per heavy atom. The van der Waals surface area contributed by atoms with E-state index in [2.05, 4.69) is 46.3 Å². The first-order valence-corrected chi connectivity index (χ1v) is 15.9. The van der Waals surface area contributed by atoms with Crippen molar-refractivity contribution in [1.82, 2.24) is 24.3 Å². The Hall–Kier alpha value is -3.98. The number of fused-ring (bicyclic) bond motifs is 1. The third-order valence-electron chi connectivity index (χ3n) is 7.93. The number of anilines is 2. The van der Waals surface area contributed by atoms with Crippen molar-refractivity contribution < 1.29 is 13.2 Å². The molecule has 4 heterocycles. The summed E-state index contributed by atoms with van der Waals surface area (Å²) in [5, 5.41) is 3.93. The lowest BCUT2D eigenvalue weighted by atomic mass is 9.90. The molecule has 0 radical (unpaired) electrons. The van der Waals surface area contributed by atoms with Crippen LogP contribution in [0.4, 0.5) is 11.6 Å². The number of nitrogens with one attached hydrogen (secondary N) is 1. The van der Waals surface area contributed by atoms with Crippen LogP contribution in [-0.4, -0.2) is 66.3 Å². The van der Waals surface area contributed by atoms with Gasteiger partial charge in [-0.3, -0.25) is 9.36 Å². The summed E-state index contributed by atoms with van der Waals surface area (Å²) in [6.45, 7) is 7.89. The van der Waals surface area contributed by atoms with Crippen LogP contribution in [-0.2, 0) is 29.8 Å². The van der Waals surface area contributed by atoms with Crippen LogP contribution in [0, 0.1) is 17.9 Å². The Bertz CT molecular complexity index is 1690. The summed E-state index contributed by atoms with van der Waals surface area (Å²) in [4.78, 5) is 27.3. The maximum Gasteiger partial charge on any atom is 0.268 e. The number of hydrogen-bond acceptors (Lipinski definition) is 8. The number of pyridine rings is 1. The molecule has 0 bridgehead atoms. The molecule has 0 aliphatic carbocycles. The van der Waals surface area contributed by atoms with Crippen molar-refractivity contribution in [2.75, 3.05) is 38.5 Å². The highest BCUT2D eigenvalue weighted by molar-refractivity contribution is 7.78. The molecule has 1 fully saturated rings. The predicted molar refractivity (Wildman–Crippen MR) is 170 cm³/mol. The summed E-state index contributed by atoms with van der Waals surface area (Å²) >= 11 is -2.09. The van der Waals surface area contributed by atoms with Gasteiger partial charge in [0.2, 0.25) is 5.95 Å². The second kappa shape index (κ2) is 14.0. The Kier molecular flexibility index (Phi) is 9.92. The minimum atomic E-state index is -2.09. The third-order valence-corrected chi connectivity index (χ3v) is 8.44. The fourth-order valence-electron chi connectivity index (χ4n) is 5.35. The minimum absolute atomic E-state index is 0.0985. The van der Waals surface area contributed by atoms with Gasteiger partial charge in [-0.1, -0.05) is 12.1 Å². The number of likely N-dealkylation sites (tertiary alicyclic amines) is 1. The van der Waals surface area contributed by atoms with Gasteiger partial charge in [0, 0.05) is 42.0 Å². The average Bonchev–Trinajstić information content (AvgIpc) is 3.43. The van der Waals surface area contributed by atoms with Crippen molar-refractivity contribution >= 4 is 33.7 Å². The van der Waals surface area contributed by atoms with Crippen LogP contribution in [0.25, 0.3) is 11.0 Å². The fourth-order valence-corrected chi connectivity index (χ4v) is 5.82. The van der Waals surface area contributed by atoms with E-state index in [0.29, 0.717) is 39.8 Å². The molecule has 0 amide bonds. The molecular weight excluding hydrogens is 564 g/mol. The summed E-state index contributed by atoms with van der Waals surface area (Å²) in [6, 6.07) is 14.8. The van der Waals surface area contributed by atoms with E-state index in [-0.39, 0.29) is 17.9 Å². The molecule has 1 unspecified atom stereocenters. The molecule has 226 valence electrons. The van der Waals surface area contributed by atoms with Crippen LogP contribution in [0.3, 0.4) is 0 Å². The zero-order chi connectivity index (χ0) is 30.3. The van der Waals surface area contributed by atoms with E-state index < -0.39 is 11.1 Å². The summed E-state index contributed by atoms with van der Waals surface area (Å²) in [6.07, 6.45) is 6.66. The minimum Gasteiger partial charge on any atom is -0.468 e. The average molecular weight is 603 g/mol. The van der Waals surface area contributed by atoms with Crippen LogP contribution < -0.4 is 10.9 Å². The standard InChI is InChI=1S/C32H38N6O4S/c1-4-37(5-2)16-12-25-19-27-20-33-32(34-28-8-6-23(7-9-28)18-24-10-14-36(3)15-11-24)35-30(27)38(31(25)39)21-26-13-17-42-29(26)22-43(40)41/h6-9,13,17,19-20,24H,4-5,10-11,14-15,18,21-22H2,1-3H3,(H,40,41)(H,33,34,35). The van der Waals surface area contributed by atoms with E-state index in [9.17, 15) is 13.6 Å². The molecule has 0 saturated carbocycles. The Balaban J connectivity index is 1.45. The van der Waals surface area contributed by atoms with Gasteiger partial charge < -0.3 is 24.1 Å². The van der Waals surface area contributed by atoms with E-state index in [1.165, 1.54) is 29.2 Å². The molecule has 10 nitrogen and oxygen atoms in total. The summed E-state index contributed by atoms with van der Waals surface area (Å²) in [7, 11) is 2.18. The normalized spacial score (nSPS) is 14.8. The molecule has 11 heteroatoms. The zero-order valence-corrected chi connectivity index (χ0v) is 25.7. The van der Waals surface area contributed by atoms with Gasteiger partial charge in [0.15, 0.2) is 11.1 Å². The molecular formula is C32H38N6O4S. The summed E-state index contributed by atoms with van der Waals surface area (Å²) in [5.74, 6) is 4.26. The van der Waals surface area contributed by atoms with Crippen LogP contribution in [0.15, 0.2) is 58.1 Å². The van der Waals surface area contributed by atoms with E-state index in [4.69, 9.17) is 9.40 Å². The molecule has 5 rings (SSSR count). The van der Waals surface area contributed by atoms with Gasteiger partial charge in [0.05, 0.1) is 18.4 Å². The molecule has 1 aromatic carbocycles. The van der Waals surface area contributed by atoms with Crippen molar-refractivity contribution in [2.45, 2.75) is 45.4 Å². The smallest absolute Gasteiger partial charge is 0.268 e. The van der Waals surface area contributed by atoms with Crippen LogP contribution in [0.2, 0.25) is 0 Å². The number of hydrogen-bond donors (Lipinski definition) is 2. The number of benzene rings is 1. The molecule has 1 aliphatic heterocycles. The van der Waals surface area contributed by atoms with Crippen molar-refractivity contribution in [3.63, 3.8) is 0 Å². The molecule has 1 atom stereocenters. The van der Waals surface area contributed by atoms with Gasteiger partial charge in [0.25, 0.3) is 5.56 Å². The van der Waals surface area contributed by atoms with Crippen molar-refractivity contribution in [2.24, 2.45) is 5.92 Å². The fraction of sp³-hybridized carbons (Fsp3) is 0.406. The van der Waals surface area contributed by atoms with E-state index in [1.54, 1.807) is 18.3 Å². The van der Waals surface area contributed by atoms with Crippen molar-refractivity contribution in [1.29, 1.82) is 0 Å². The highest BCUT2D eigenvalue weighted by Crippen LogP contribution is 2.23. The molecule has 4 aromatic rings. The van der Waals surface area contributed by atoms with Crippen molar-refractivity contribution in [3.8, 4) is 12.0 Å². The van der Waals surface area contributed by atoms with Crippen LogP contribution in [0.1, 0.15) is 49.1 Å². The predicted octanol–water partition coefficient (Wildman–Crippen LogP) is 4.43. The van der Waals surface area contributed by atoms with Gasteiger partial charge in [-0.15, -0.1) is 0 Å². The SMILES string of the molecule is CCN(C#Cc1cc2cnc(Nc3ccc(CC4CCN(C)CC4)cc3)nc2n(Cc2ccoc2CS(=O)O)c1=O)CC. The van der Waals surface area contributed by atoms with Gasteiger partial charge in [-0.05, 0) is 94.9 Å². The maximum absolute atomic E-state index is 13.7. The largest absolute Gasteiger partial charge is 0.468 e. The third kappa shape index (κ3) is 7.70. The summed E-state index contributed by atoms with van der Waals surface area (Å²) in [5.41, 5.74) is 3.21. The topological polar surface area (TPSA) is 117 Å². The number of piperidine rings is 1. The van der Waals surface area contributed by atoms with E-state index >= 15 is 0 Å². The second-order valence-electron chi connectivity index (χ2n) is 10.9. The van der Waals surface area contributed by atoms with E-state index in [0.717, 1.165) is 38.3 Å². The summed E-state index contributed by atoms with van der Waals surface area (Å²) < 4.78 is 27.9. The Morgan fingerprint density at radius 3 is 2.60 bits per heavy atom. The lowest BCUT2D eigenvalue weighted by Crippen LogP contribution is -2.30. The molecule has 1 saturated heterocycles. The lowest BCUT2D eigenvalue weighted by Gasteiger charge is -2.28. The number of nitrogens with zero attached hydrogens (tertiary/aromatic N) is 5. The Labute approximate surface area is 254 Å². The molecule has 43 heavy (non-hydrogen) atoms. The van der Waals surface area contributed by atoms with Gasteiger partial charge in [-0.2, -0.15) is 4.98 Å². The first-order chi connectivity index (χ1) is 20.8. The first-order valence-electron chi connectivity index (χ1n) is 14.7. The molecule has 1 aliphatic rings. The molecule has 2 N–H and O–H groups in total. The molecule has 0 spiro atoms. The van der Waals surface area contributed by atoms with Gasteiger partial charge >= 0.3 is 0 Å². The lowest BCUT2D eigenvalue weighted by molar-refractivity contribution is 0.219. The van der Waals surface area contributed by atoms with E-state index in [1.807, 2.05) is 30.9 Å². The van der Waals surface area contributed by atoms with Crippen LogP contribution >= 0.6 is 0 Å². The molecule has 3 aromatic heterocycles. The zero-order valence-electron chi connectivity index (χ0n) is 24.9.